The van der Waals surface area contributed by atoms with Crippen LogP contribution >= 0.6 is 11.8 Å². The molecule has 1 aliphatic heterocycles. The first-order valence-electron chi connectivity index (χ1n) is 7.04. The molecule has 2 N–H and O–H groups in total. The Hall–Kier alpha value is -0.720. The molecule has 0 amide bonds. The molecule has 1 heterocycles. The van der Waals surface area contributed by atoms with Crippen LogP contribution in [-0.2, 0) is 10.0 Å². The van der Waals surface area contributed by atoms with Crippen molar-refractivity contribution in [2.45, 2.75) is 30.6 Å². The van der Waals surface area contributed by atoms with Gasteiger partial charge in [0.25, 0.3) is 0 Å². The summed E-state index contributed by atoms with van der Waals surface area (Å²) in [6, 6.07) is 7.54. The van der Waals surface area contributed by atoms with E-state index in [1.165, 1.54) is 0 Å². The van der Waals surface area contributed by atoms with Crippen molar-refractivity contribution in [2.24, 2.45) is 0 Å². The van der Waals surface area contributed by atoms with Crippen LogP contribution in [-0.4, -0.2) is 37.3 Å². The summed E-state index contributed by atoms with van der Waals surface area (Å²) in [7, 11) is -3.10. The van der Waals surface area contributed by atoms with Gasteiger partial charge in [0.2, 0.25) is 10.0 Å². The second kappa shape index (κ2) is 7.33. The summed E-state index contributed by atoms with van der Waals surface area (Å²) in [5.74, 6) is 0.796. The van der Waals surface area contributed by atoms with Crippen LogP contribution in [0.5, 0.6) is 0 Å². The maximum Gasteiger partial charge on any atom is 0.214 e. The molecule has 0 spiro atoms. The molecular weight excluding hydrogens is 292 g/mol. The number of hydrogen-bond donors (Lipinski definition) is 1. The number of nitrogen functional groups attached to an aromatic ring is 1. The van der Waals surface area contributed by atoms with Crippen molar-refractivity contribution in [3.05, 3.63) is 24.3 Å². The van der Waals surface area contributed by atoms with Crippen LogP contribution in [0.25, 0.3) is 0 Å². The lowest BCUT2D eigenvalue weighted by Crippen LogP contribution is -2.34. The largest absolute Gasteiger partial charge is 0.399 e. The van der Waals surface area contributed by atoms with E-state index in [9.17, 15) is 8.42 Å². The fourth-order valence-electron chi connectivity index (χ4n) is 2.28. The Morgan fingerprint density at radius 3 is 2.25 bits per heavy atom. The number of rotatable bonds is 5. The molecule has 1 aromatic rings. The zero-order chi connectivity index (χ0) is 14.4. The van der Waals surface area contributed by atoms with E-state index in [1.54, 1.807) is 16.1 Å². The van der Waals surface area contributed by atoms with Gasteiger partial charge >= 0.3 is 0 Å². The van der Waals surface area contributed by atoms with Crippen LogP contribution in [0.15, 0.2) is 29.2 Å². The van der Waals surface area contributed by atoms with Crippen LogP contribution in [0, 0.1) is 0 Å². The van der Waals surface area contributed by atoms with E-state index in [1.807, 2.05) is 24.3 Å². The molecule has 0 radical (unpaired) electrons. The molecule has 0 saturated carbocycles. The van der Waals surface area contributed by atoms with Gasteiger partial charge in [0.05, 0.1) is 5.75 Å². The van der Waals surface area contributed by atoms with Crippen LogP contribution in [0.4, 0.5) is 5.69 Å². The zero-order valence-electron chi connectivity index (χ0n) is 11.6. The summed E-state index contributed by atoms with van der Waals surface area (Å²) in [4.78, 5) is 1.06. The molecule has 6 heteroatoms. The van der Waals surface area contributed by atoms with Crippen LogP contribution in [0.1, 0.15) is 25.7 Å². The zero-order valence-corrected chi connectivity index (χ0v) is 13.3. The van der Waals surface area contributed by atoms with Gasteiger partial charge in [-0.05, 0) is 37.1 Å². The molecule has 0 aromatic heterocycles. The maximum atomic E-state index is 12.3. The Morgan fingerprint density at radius 1 is 1.05 bits per heavy atom. The van der Waals surface area contributed by atoms with Gasteiger partial charge < -0.3 is 5.73 Å². The van der Waals surface area contributed by atoms with Gasteiger partial charge in [-0.25, -0.2) is 12.7 Å². The van der Waals surface area contributed by atoms with E-state index < -0.39 is 10.0 Å². The molecule has 0 unspecified atom stereocenters. The first-order chi connectivity index (χ1) is 9.58. The fraction of sp³-hybridized carbons (Fsp3) is 0.571. The highest BCUT2D eigenvalue weighted by Crippen LogP contribution is 2.20. The highest BCUT2D eigenvalue weighted by Gasteiger charge is 2.22. The number of nitrogens with two attached hydrogens (primary N) is 1. The minimum absolute atomic E-state index is 0.210. The van der Waals surface area contributed by atoms with Gasteiger partial charge in [0.15, 0.2) is 0 Å². The summed E-state index contributed by atoms with van der Waals surface area (Å²) in [5, 5.41) is 0. The Kier molecular flexibility index (Phi) is 5.74. The molecule has 4 nitrogen and oxygen atoms in total. The lowest BCUT2D eigenvalue weighted by molar-refractivity contribution is 0.425. The lowest BCUT2D eigenvalue weighted by Gasteiger charge is -2.19. The molecule has 1 aromatic carbocycles. The summed E-state index contributed by atoms with van der Waals surface area (Å²) in [5.41, 5.74) is 6.35. The van der Waals surface area contributed by atoms with Crippen molar-refractivity contribution < 1.29 is 8.42 Å². The molecule has 112 valence electrons. The number of thioether (sulfide) groups is 1. The molecule has 20 heavy (non-hydrogen) atoms. The average molecular weight is 314 g/mol. The van der Waals surface area contributed by atoms with Gasteiger partial charge in [0.1, 0.15) is 0 Å². The normalized spacial score (nSPS) is 17.8. The van der Waals surface area contributed by atoms with Crippen LogP contribution < -0.4 is 5.73 Å². The quantitative estimate of drug-likeness (QED) is 0.670. The van der Waals surface area contributed by atoms with E-state index in [0.717, 1.165) is 36.3 Å². The predicted molar refractivity (Wildman–Crippen MR) is 85.4 cm³/mol. The van der Waals surface area contributed by atoms with E-state index in [2.05, 4.69) is 0 Å². The topological polar surface area (TPSA) is 63.4 Å². The number of hydrogen-bond acceptors (Lipinski definition) is 4. The maximum absolute atomic E-state index is 12.3. The molecule has 1 saturated heterocycles. The highest BCUT2D eigenvalue weighted by atomic mass is 32.2. The second-order valence-corrected chi connectivity index (χ2v) is 8.30. The van der Waals surface area contributed by atoms with Crippen molar-refractivity contribution in [2.75, 3.05) is 30.3 Å². The number of benzene rings is 1. The minimum Gasteiger partial charge on any atom is -0.399 e. The van der Waals surface area contributed by atoms with Crippen molar-refractivity contribution in [1.29, 1.82) is 0 Å². The molecule has 1 aliphatic rings. The van der Waals surface area contributed by atoms with Gasteiger partial charge in [-0.15, -0.1) is 11.8 Å². The van der Waals surface area contributed by atoms with E-state index >= 15 is 0 Å². The van der Waals surface area contributed by atoms with Crippen molar-refractivity contribution in [1.82, 2.24) is 4.31 Å². The van der Waals surface area contributed by atoms with Crippen LogP contribution in [0.2, 0.25) is 0 Å². The van der Waals surface area contributed by atoms with E-state index in [-0.39, 0.29) is 5.75 Å². The Bertz CT molecular complexity index is 506. The van der Waals surface area contributed by atoms with Gasteiger partial charge in [-0.1, -0.05) is 12.8 Å². The Labute approximate surface area is 125 Å². The van der Waals surface area contributed by atoms with E-state index in [0.29, 0.717) is 18.8 Å². The fourth-order valence-corrected chi connectivity index (χ4v) is 5.09. The minimum atomic E-state index is -3.10. The number of sulfonamides is 1. The monoisotopic (exact) mass is 314 g/mol. The van der Waals surface area contributed by atoms with Gasteiger partial charge in [-0.3, -0.25) is 0 Å². The van der Waals surface area contributed by atoms with Crippen molar-refractivity contribution in [3.63, 3.8) is 0 Å². The lowest BCUT2D eigenvalue weighted by atomic mass is 10.2. The summed E-state index contributed by atoms with van der Waals surface area (Å²) < 4.78 is 26.2. The Morgan fingerprint density at radius 2 is 1.65 bits per heavy atom. The molecule has 1 fully saturated rings. The standard InChI is InChI=1S/C14H22N2O2S2/c15-13-5-7-14(8-6-13)19-11-12-20(17,18)16-9-3-1-2-4-10-16/h5-8H,1-4,9-12,15H2. The molecule has 0 bridgehead atoms. The Balaban J connectivity index is 1.84. The summed E-state index contributed by atoms with van der Waals surface area (Å²) >= 11 is 1.56. The third-order valence-corrected chi connectivity index (χ3v) is 6.59. The van der Waals surface area contributed by atoms with Gasteiger partial charge in [0, 0.05) is 29.4 Å². The highest BCUT2D eigenvalue weighted by molar-refractivity contribution is 8.00. The first-order valence-corrected chi connectivity index (χ1v) is 9.63. The van der Waals surface area contributed by atoms with Gasteiger partial charge in [-0.2, -0.15) is 0 Å². The predicted octanol–water partition coefficient (Wildman–Crippen LogP) is 2.57. The summed E-state index contributed by atoms with van der Waals surface area (Å²) in [6.07, 6.45) is 4.27. The van der Waals surface area contributed by atoms with Crippen molar-refractivity contribution >= 4 is 27.5 Å². The third kappa shape index (κ3) is 4.68. The van der Waals surface area contributed by atoms with Crippen LogP contribution in [0.3, 0.4) is 0 Å². The smallest absolute Gasteiger partial charge is 0.214 e. The summed E-state index contributed by atoms with van der Waals surface area (Å²) in [6.45, 7) is 1.38. The van der Waals surface area contributed by atoms with E-state index in [4.69, 9.17) is 5.73 Å². The third-order valence-electron chi connectivity index (χ3n) is 3.45. The number of anilines is 1. The molecule has 0 aliphatic carbocycles. The molecule has 2 rings (SSSR count). The molecular formula is C14H22N2O2S2. The molecule has 0 atom stereocenters. The van der Waals surface area contributed by atoms with Crippen molar-refractivity contribution in [3.8, 4) is 0 Å². The second-order valence-electron chi connectivity index (χ2n) is 5.05. The number of nitrogens with zero attached hydrogens (tertiary/aromatic N) is 1. The first kappa shape index (κ1) is 15.7. The SMILES string of the molecule is Nc1ccc(SCCS(=O)(=O)N2CCCCCC2)cc1. The average Bonchev–Trinajstić information content (AvgIpc) is 2.70.